The Morgan fingerprint density at radius 2 is 1.82 bits per heavy atom. The normalized spacial score (nSPS) is 20.9. The van der Waals surface area contributed by atoms with Crippen LogP contribution in [0.15, 0.2) is 42.5 Å². The van der Waals surface area contributed by atoms with E-state index in [-0.39, 0.29) is 54.0 Å². The molecule has 0 aromatic heterocycles. The Bertz CT molecular complexity index is 985. The average molecular weight is 471 g/mol. The quantitative estimate of drug-likeness (QED) is 0.484. The molecule has 1 saturated carbocycles. The molecular weight excluding hydrogens is 435 g/mol. The largest absolute Gasteiger partial charge is 0.491 e. The number of rotatable bonds is 10. The molecule has 34 heavy (non-hydrogen) atoms. The Morgan fingerprint density at radius 1 is 1.12 bits per heavy atom. The van der Waals surface area contributed by atoms with Crippen LogP contribution in [0.25, 0.3) is 0 Å². The number of hydrogen-bond donors (Lipinski definition) is 1. The number of esters is 1. The summed E-state index contributed by atoms with van der Waals surface area (Å²) in [5.41, 5.74) is 2.65. The highest BCUT2D eigenvalue weighted by atomic mass is 19.1. The zero-order valence-corrected chi connectivity index (χ0v) is 20.4. The first kappa shape index (κ1) is 25.9. The van der Waals surface area contributed by atoms with Gasteiger partial charge in [-0.05, 0) is 80.8 Å². The molecule has 1 N–H and O–H groups in total. The number of hydrogen-bond acceptors (Lipinski definition) is 5. The number of carbonyl (C=O) groups excluding carboxylic acids is 2. The second kappa shape index (κ2) is 11.6. The van der Waals surface area contributed by atoms with Crippen LogP contribution in [-0.2, 0) is 20.7 Å². The first-order valence-corrected chi connectivity index (χ1v) is 12.0. The SMILES string of the molecule is COC(=O)[C@H]1CCC(C[C@H](CO)c2cc(CC(C)=O)ccc2OC(C)C)[C@@H]1c1ccc(F)cc1. The molecule has 0 bridgehead atoms. The number of benzene rings is 2. The lowest BCUT2D eigenvalue weighted by Gasteiger charge is -2.28. The molecule has 6 heteroatoms. The molecule has 0 amide bonds. The van der Waals surface area contributed by atoms with Crippen LogP contribution >= 0.6 is 0 Å². The first-order chi connectivity index (χ1) is 16.2. The number of methoxy groups -OCH3 is 1. The highest BCUT2D eigenvalue weighted by Gasteiger charge is 2.42. The van der Waals surface area contributed by atoms with E-state index in [1.807, 2.05) is 32.0 Å². The number of ketones is 1. The molecule has 4 atom stereocenters. The molecule has 0 heterocycles. The zero-order valence-electron chi connectivity index (χ0n) is 20.4. The van der Waals surface area contributed by atoms with Gasteiger partial charge in [-0.3, -0.25) is 9.59 Å². The number of aliphatic hydroxyl groups is 1. The van der Waals surface area contributed by atoms with Crippen molar-refractivity contribution in [1.82, 2.24) is 0 Å². The second-order valence-electron chi connectivity index (χ2n) is 9.58. The summed E-state index contributed by atoms with van der Waals surface area (Å²) in [4.78, 5) is 24.3. The molecule has 0 aliphatic heterocycles. The van der Waals surface area contributed by atoms with Crippen LogP contribution in [0, 0.1) is 17.7 Å². The highest BCUT2D eigenvalue weighted by molar-refractivity contribution is 5.78. The topological polar surface area (TPSA) is 72.8 Å². The van der Waals surface area contributed by atoms with E-state index in [0.29, 0.717) is 25.0 Å². The summed E-state index contributed by atoms with van der Waals surface area (Å²) in [7, 11) is 1.39. The molecule has 0 saturated heterocycles. The number of carbonyl (C=O) groups is 2. The summed E-state index contributed by atoms with van der Waals surface area (Å²) in [6.45, 7) is 5.36. The molecule has 5 nitrogen and oxygen atoms in total. The Kier molecular flexibility index (Phi) is 8.84. The molecule has 2 aromatic carbocycles. The fourth-order valence-electron chi connectivity index (χ4n) is 5.29. The van der Waals surface area contributed by atoms with Crippen molar-refractivity contribution in [3.8, 4) is 5.75 Å². The third kappa shape index (κ3) is 6.23. The third-order valence-electron chi connectivity index (χ3n) is 6.69. The van der Waals surface area contributed by atoms with E-state index in [2.05, 4.69) is 0 Å². The van der Waals surface area contributed by atoms with Crippen LogP contribution in [0.3, 0.4) is 0 Å². The zero-order chi connectivity index (χ0) is 24.8. The number of ether oxygens (including phenoxy) is 2. The number of halogens is 1. The van der Waals surface area contributed by atoms with Gasteiger partial charge in [0.05, 0.1) is 25.7 Å². The van der Waals surface area contributed by atoms with Gasteiger partial charge in [0.15, 0.2) is 0 Å². The molecule has 1 fully saturated rings. The van der Waals surface area contributed by atoms with E-state index in [1.165, 1.54) is 19.2 Å². The first-order valence-electron chi connectivity index (χ1n) is 12.0. The minimum atomic E-state index is -0.320. The summed E-state index contributed by atoms with van der Waals surface area (Å²) in [6, 6.07) is 12.0. The van der Waals surface area contributed by atoms with Gasteiger partial charge < -0.3 is 14.6 Å². The summed E-state index contributed by atoms with van der Waals surface area (Å²) in [5, 5.41) is 10.4. The maximum Gasteiger partial charge on any atom is 0.309 e. The lowest BCUT2D eigenvalue weighted by Crippen LogP contribution is -2.24. The monoisotopic (exact) mass is 470 g/mol. The molecule has 0 radical (unpaired) electrons. The van der Waals surface area contributed by atoms with Gasteiger partial charge in [-0.2, -0.15) is 0 Å². The molecule has 184 valence electrons. The van der Waals surface area contributed by atoms with E-state index in [1.54, 1.807) is 19.1 Å². The lowest BCUT2D eigenvalue weighted by atomic mass is 9.77. The van der Waals surface area contributed by atoms with Gasteiger partial charge >= 0.3 is 5.97 Å². The predicted molar refractivity (Wildman–Crippen MR) is 128 cm³/mol. The van der Waals surface area contributed by atoms with E-state index in [0.717, 1.165) is 23.1 Å². The van der Waals surface area contributed by atoms with Crippen molar-refractivity contribution in [3.63, 3.8) is 0 Å². The summed E-state index contributed by atoms with van der Waals surface area (Å²) in [5.74, 6) is -0.393. The van der Waals surface area contributed by atoms with Gasteiger partial charge in [0.25, 0.3) is 0 Å². The van der Waals surface area contributed by atoms with Crippen molar-refractivity contribution in [2.45, 2.75) is 64.4 Å². The number of aliphatic hydroxyl groups excluding tert-OH is 1. The van der Waals surface area contributed by atoms with E-state index >= 15 is 0 Å². The van der Waals surface area contributed by atoms with Gasteiger partial charge in [0.2, 0.25) is 0 Å². The minimum Gasteiger partial charge on any atom is -0.491 e. The lowest BCUT2D eigenvalue weighted by molar-refractivity contribution is -0.145. The summed E-state index contributed by atoms with van der Waals surface area (Å²) < 4.78 is 24.7. The standard InChI is InChI=1S/C28H35FO5/c1-17(2)34-26-12-5-19(13-18(3)31)14-25(26)22(16-30)15-21-8-11-24(28(32)33-4)27(21)20-6-9-23(29)10-7-20/h5-7,9-10,12,14,17,21-22,24,27,30H,8,11,13,15-16H2,1-4H3/t21?,22-,24+,27+/m1/s1. The van der Waals surface area contributed by atoms with Crippen molar-refractivity contribution < 1.29 is 28.6 Å². The van der Waals surface area contributed by atoms with Gasteiger partial charge in [-0.1, -0.05) is 24.3 Å². The number of Topliss-reactive ketones (excluding diaryl/α,β-unsaturated/α-hetero) is 1. The smallest absolute Gasteiger partial charge is 0.309 e. The Labute approximate surface area is 201 Å². The second-order valence-corrected chi connectivity index (χ2v) is 9.58. The van der Waals surface area contributed by atoms with Gasteiger partial charge in [0.1, 0.15) is 17.3 Å². The maximum atomic E-state index is 13.6. The molecule has 1 unspecified atom stereocenters. The van der Waals surface area contributed by atoms with Crippen LogP contribution in [-0.4, -0.2) is 36.7 Å². The molecular formula is C28H35FO5. The Hall–Kier alpha value is -2.73. The van der Waals surface area contributed by atoms with E-state index in [4.69, 9.17) is 9.47 Å². The van der Waals surface area contributed by atoms with Crippen LogP contribution in [0.4, 0.5) is 4.39 Å². The Balaban J connectivity index is 1.95. The van der Waals surface area contributed by atoms with E-state index < -0.39 is 0 Å². The summed E-state index contributed by atoms with van der Waals surface area (Å²) >= 11 is 0. The van der Waals surface area contributed by atoms with Crippen molar-refractivity contribution in [2.24, 2.45) is 11.8 Å². The molecule has 2 aromatic rings. The van der Waals surface area contributed by atoms with Crippen molar-refractivity contribution in [1.29, 1.82) is 0 Å². The van der Waals surface area contributed by atoms with Gasteiger partial charge in [-0.15, -0.1) is 0 Å². The Morgan fingerprint density at radius 3 is 2.41 bits per heavy atom. The summed E-state index contributed by atoms with van der Waals surface area (Å²) in [6.07, 6.45) is 2.38. The molecule has 1 aliphatic rings. The fourth-order valence-corrected chi connectivity index (χ4v) is 5.29. The maximum absolute atomic E-state index is 13.6. The van der Waals surface area contributed by atoms with Crippen LogP contribution in [0.5, 0.6) is 5.75 Å². The van der Waals surface area contributed by atoms with Crippen LogP contribution < -0.4 is 4.74 Å². The third-order valence-corrected chi connectivity index (χ3v) is 6.69. The van der Waals surface area contributed by atoms with Crippen molar-refractivity contribution in [3.05, 3.63) is 65.0 Å². The van der Waals surface area contributed by atoms with E-state index in [9.17, 15) is 19.1 Å². The van der Waals surface area contributed by atoms with Gasteiger partial charge in [0, 0.05) is 18.3 Å². The molecule has 0 spiro atoms. The van der Waals surface area contributed by atoms with Gasteiger partial charge in [-0.25, -0.2) is 4.39 Å². The van der Waals surface area contributed by atoms with Crippen molar-refractivity contribution in [2.75, 3.05) is 13.7 Å². The van der Waals surface area contributed by atoms with Crippen molar-refractivity contribution >= 4 is 11.8 Å². The molecule has 1 aliphatic carbocycles. The average Bonchev–Trinajstić information content (AvgIpc) is 3.21. The van der Waals surface area contributed by atoms with Crippen LogP contribution in [0.1, 0.15) is 68.6 Å². The fraction of sp³-hybridized carbons (Fsp3) is 0.500. The highest BCUT2D eigenvalue weighted by Crippen LogP contribution is 2.49. The predicted octanol–water partition coefficient (Wildman–Crippen LogP) is 5.19. The minimum absolute atomic E-state index is 0.0427. The van der Waals surface area contributed by atoms with Crippen LogP contribution in [0.2, 0.25) is 0 Å². The molecule has 3 rings (SSSR count).